The van der Waals surface area contributed by atoms with Crippen molar-refractivity contribution in [2.45, 2.75) is 0 Å². The number of hydrogen-bond donors (Lipinski definition) is 0. The van der Waals surface area contributed by atoms with Crippen molar-refractivity contribution in [3.63, 3.8) is 0 Å². The van der Waals surface area contributed by atoms with Crippen molar-refractivity contribution in [1.82, 2.24) is 9.55 Å². The second-order valence-electron chi connectivity index (χ2n) is 7.22. The topological polar surface area (TPSA) is 27.1 Å². The van der Waals surface area contributed by atoms with Gasteiger partial charge in [0.1, 0.15) is 11.6 Å². The molecule has 0 atom stereocenters. The molecule has 6 rings (SSSR count). The molecule has 4 heteroatoms. The van der Waals surface area contributed by atoms with Gasteiger partial charge in [-0.2, -0.15) is 0 Å². The van der Waals surface area contributed by atoms with Gasteiger partial charge in [0, 0.05) is 5.69 Å². The lowest BCUT2D eigenvalue weighted by atomic mass is 9.54. The van der Waals surface area contributed by atoms with Crippen LogP contribution < -0.4 is 15.6 Å². The van der Waals surface area contributed by atoms with E-state index in [2.05, 4.69) is 77.4 Å². The lowest BCUT2D eigenvalue weighted by Crippen LogP contribution is -2.49. The summed E-state index contributed by atoms with van der Waals surface area (Å²) in [5.74, 6) is 1.74. The molecule has 0 N–H and O–H groups in total. The molecule has 5 aromatic rings. The summed E-state index contributed by atoms with van der Waals surface area (Å²) in [5, 5.41) is 0. The van der Waals surface area contributed by atoms with Crippen molar-refractivity contribution < 1.29 is 4.65 Å². The monoisotopic (exact) mass is 372 g/mol. The Morgan fingerprint density at radius 2 is 1.41 bits per heavy atom. The Kier molecular flexibility index (Phi) is 3.56. The van der Waals surface area contributed by atoms with E-state index >= 15 is 0 Å². The van der Waals surface area contributed by atoms with Gasteiger partial charge < -0.3 is 4.65 Å². The zero-order valence-electron chi connectivity index (χ0n) is 15.7. The Balaban J connectivity index is 1.75. The molecule has 0 saturated heterocycles. The molecule has 2 heterocycles. The van der Waals surface area contributed by atoms with Crippen molar-refractivity contribution in [1.29, 1.82) is 0 Å². The lowest BCUT2D eigenvalue weighted by Gasteiger charge is -2.25. The molecule has 29 heavy (non-hydrogen) atoms. The van der Waals surface area contributed by atoms with Gasteiger partial charge in [0.15, 0.2) is 0 Å². The molecule has 0 aliphatic carbocycles. The normalized spacial score (nSPS) is 12.3. The van der Waals surface area contributed by atoms with Crippen LogP contribution in [0.25, 0.3) is 28.1 Å². The van der Waals surface area contributed by atoms with Crippen molar-refractivity contribution in [2.75, 3.05) is 0 Å². The summed E-state index contributed by atoms with van der Waals surface area (Å²) < 4.78 is 8.91. The second kappa shape index (κ2) is 6.38. The summed E-state index contributed by atoms with van der Waals surface area (Å²) in [5.41, 5.74) is 6.42. The first-order chi connectivity index (χ1) is 14.4. The van der Waals surface area contributed by atoms with Crippen LogP contribution in [0.15, 0.2) is 103 Å². The van der Waals surface area contributed by atoms with E-state index in [-0.39, 0.29) is 6.92 Å². The second-order valence-corrected chi connectivity index (χ2v) is 7.22. The predicted octanol–water partition coefficient (Wildman–Crippen LogP) is 4.19. The highest BCUT2D eigenvalue weighted by molar-refractivity contribution is 6.81. The third-order valence-corrected chi connectivity index (χ3v) is 5.50. The fourth-order valence-corrected chi connectivity index (χ4v) is 4.18. The number of rotatable bonds is 1. The molecule has 1 aliphatic heterocycles. The molecule has 136 valence electrons. The van der Waals surface area contributed by atoms with Crippen molar-refractivity contribution in [3.8, 4) is 22.8 Å². The van der Waals surface area contributed by atoms with Gasteiger partial charge in [-0.15, -0.1) is 0 Å². The zero-order chi connectivity index (χ0) is 19.2. The molecule has 0 saturated carbocycles. The fraction of sp³-hybridized carbons (Fsp3) is 0. The highest BCUT2D eigenvalue weighted by Crippen LogP contribution is 2.35. The summed E-state index contributed by atoms with van der Waals surface area (Å²) in [4.78, 5) is 4.98. The molecule has 4 aromatic carbocycles. The number of benzene rings is 4. The third kappa shape index (κ3) is 2.49. The molecule has 0 amide bonds. The summed E-state index contributed by atoms with van der Waals surface area (Å²) in [6, 6.07) is 35.3. The maximum atomic E-state index is 6.65. The van der Waals surface area contributed by atoms with Gasteiger partial charge in [-0.25, -0.2) is 4.98 Å². The number of aromatic nitrogens is 2. The standard InChI is InChI=1S/C25H17BN2O/c1-2-10-18(11-3-1)26-20-13-5-7-15-22(20)28-23-16-8-6-14-21(23)27-25(28)19-12-4-9-17-24(19)29-26/h1-17H. The highest BCUT2D eigenvalue weighted by atomic mass is 16.4. The van der Waals surface area contributed by atoms with Gasteiger partial charge in [0.2, 0.25) is 0 Å². The van der Waals surface area contributed by atoms with E-state index in [4.69, 9.17) is 9.64 Å². The average Bonchev–Trinajstić information content (AvgIpc) is 3.16. The molecule has 1 aliphatic rings. The number of nitrogens with zero attached hydrogens (tertiary/aromatic N) is 2. The van der Waals surface area contributed by atoms with Gasteiger partial charge in [-0.1, -0.05) is 72.8 Å². The molecule has 0 spiro atoms. The Bertz CT molecular complexity index is 1340. The smallest absolute Gasteiger partial charge is 0.428 e. The van der Waals surface area contributed by atoms with Crippen LogP contribution in [0.5, 0.6) is 5.75 Å². The minimum absolute atomic E-state index is 0.206. The van der Waals surface area contributed by atoms with E-state index in [1.165, 1.54) is 0 Å². The molecule has 1 aromatic heterocycles. The van der Waals surface area contributed by atoms with Crippen LogP contribution >= 0.6 is 0 Å². The summed E-state index contributed by atoms with van der Waals surface area (Å²) >= 11 is 0. The summed E-state index contributed by atoms with van der Waals surface area (Å²) in [6.45, 7) is -0.206. The van der Waals surface area contributed by atoms with Gasteiger partial charge in [-0.3, -0.25) is 4.57 Å². The maximum Gasteiger partial charge on any atom is 0.428 e. The van der Waals surface area contributed by atoms with Crippen LogP contribution in [0.4, 0.5) is 0 Å². The van der Waals surface area contributed by atoms with Crippen LogP contribution in [0, 0.1) is 0 Å². The maximum absolute atomic E-state index is 6.65. The van der Waals surface area contributed by atoms with E-state index in [9.17, 15) is 0 Å². The Labute approximate surface area is 169 Å². The summed E-state index contributed by atoms with van der Waals surface area (Å²) in [7, 11) is 0. The Morgan fingerprint density at radius 3 is 2.34 bits per heavy atom. The van der Waals surface area contributed by atoms with E-state index in [1.54, 1.807) is 0 Å². The largest absolute Gasteiger partial charge is 0.551 e. The van der Waals surface area contributed by atoms with E-state index in [0.717, 1.165) is 44.8 Å². The first-order valence-corrected chi connectivity index (χ1v) is 9.78. The van der Waals surface area contributed by atoms with Crippen LogP contribution in [-0.2, 0) is 0 Å². The van der Waals surface area contributed by atoms with Gasteiger partial charge in [0.25, 0.3) is 0 Å². The van der Waals surface area contributed by atoms with Crippen LogP contribution in [0.1, 0.15) is 0 Å². The van der Waals surface area contributed by atoms with E-state index < -0.39 is 0 Å². The van der Waals surface area contributed by atoms with Crippen molar-refractivity contribution in [2.24, 2.45) is 0 Å². The quantitative estimate of drug-likeness (QED) is 0.413. The SMILES string of the molecule is c1ccc(B2Oc3ccccc3-c3nc4ccccc4n3-c3ccccc32)cc1. The van der Waals surface area contributed by atoms with Crippen molar-refractivity contribution >= 4 is 28.9 Å². The molecular weight excluding hydrogens is 355 g/mol. The molecule has 0 radical (unpaired) electrons. The molecule has 0 fully saturated rings. The number of para-hydroxylation sites is 4. The van der Waals surface area contributed by atoms with Gasteiger partial charge in [0.05, 0.1) is 16.6 Å². The minimum Gasteiger partial charge on any atom is -0.551 e. The van der Waals surface area contributed by atoms with Crippen LogP contribution in [-0.4, -0.2) is 16.5 Å². The van der Waals surface area contributed by atoms with Crippen molar-refractivity contribution in [3.05, 3.63) is 103 Å². The Hall–Kier alpha value is -3.79. The van der Waals surface area contributed by atoms with Crippen LogP contribution in [0.3, 0.4) is 0 Å². The molecular formula is C25H17BN2O. The van der Waals surface area contributed by atoms with E-state index in [1.807, 2.05) is 30.3 Å². The van der Waals surface area contributed by atoms with Gasteiger partial charge in [-0.05, 0) is 41.3 Å². The Morgan fingerprint density at radius 1 is 0.690 bits per heavy atom. The number of hydrogen-bond acceptors (Lipinski definition) is 2. The average molecular weight is 372 g/mol. The third-order valence-electron chi connectivity index (χ3n) is 5.50. The van der Waals surface area contributed by atoms with E-state index in [0.29, 0.717) is 0 Å². The minimum atomic E-state index is -0.206. The molecule has 0 unspecified atom stereocenters. The van der Waals surface area contributed by atoms with Gasteiger partial charge >= 0.3 is 6.92 Å². The predicted molar refractivity (Wildman–Crippen MR) is 119 cm³/mol. The number of imidazole rings is 1. The van der Waals surface area contributed by atoms with Crippen LogP contribution in [0.2, 0.25) is 0 Å². The number of fused-ring (bicyclic) bond motifs is 7. The highest BCUT2D eigenvalue weighted by Gasteiger charge is 2.31. The molecule has 3 nitrogen and oxygen atoms in total. The lowest BCUT2D eigenvalue weighted by molar-refractivity contribution is 0.591. The zero-order valence-corrected chi connectivity index (χ0v) is 15.7. The summed E-state index contributed by atoms with van der Waals surface area (Å²) in [6.07, 6.45) is 0. The first kappa shape index (κ1) is 16.2. The fourth-order valence-electron chi connectivity index (χ4n) is 4.18. The molecule has 0 bridgehead atoms. The first-order valence-electron chi connectivity index (χ1n) is 9.78.